The largest absolute Gasteiger partial charge is 0.607 e. The van der Waals surface area contributed by atoms with Crippen molar-refractivity contribution < 1.29 is 19.5 Å². The van der Waals surface area contributed by atoms with Crippen LogP contribution in [0.25, 0.3) is 0 Å². The van der Waals surface area contributed by atoms with E-state index in [1.807, 2.05) is 54.6 Å². The Morgan fingerprint density at radius 1 is 1.17 bits per heavy atom. The third-order valence-corrected chi connectivity index (χ3v) is 7.27. The molecule has 1 N–H and O–H groups in total. The fraction of sp³-hybridized carbons (Fsp3) is 0.333. The van der Waals surface area contributed by atoms with Crippen LogP contribution in [0.2, 0.25) is 0 Å². The normalized spacial score (nSPS) is 39.0. The summed E-state index contributed by atoms with van der Waals surface area (Å²) in [6.45, 7) is 0.0227. The number of quaternary nitrogens is 1. The molecule has 6 nitrogen and oxygen atoms in total. The van der Waals surface area contributed by atoms with Gasteiger partial charge in [0.2, 0.25) is 0 Å². The molecule has 1 aliphatic heterocycles. The molecule has 0 radical (unpaired) electrons. The van der Waals surface area contributed by atoms with Crippen molar-refractivity contribution >= 4 is 12.0 Å². The van der Waals surface area contributed by atoms with Gasteiger partial charge in [-0.1, -0.05) is 47.5 Å². The molecule has 4 fully saturated rings. The maximum Gasteiger partial charge on any atom is 0.462 e. The van der Waals surface area contributed by atoms with E-state index in [0.29, 0.717) is 0 Å². The van der Waals surface area contributed by atoms with Gasteiger partial charge in [-0.3, -0.25) is 9.97 Å². The molecule has 2 bridgehead atoms. The van der Waals surface area contributed by atoms with Crippen molar-refractivity contribution in [3.63, 3.8) is 0 Å². The molecule has 5 aliphatic carbocycles. The summed E-state index contributed by atoms with van der Waals surface area (Å²) in [7, 11) is 0. The number of hydrogen-bond acceptors (Lipinski definition) is 4. The molecule has 2 amide bonds. The van der Waals surface area contributed by atoms with Gasteiger partial charge < -0.3 is 9.94 Å². The van der Waals surface area contributed by atoms with Crippen LogP contribution in [-0.2, 0) is 16.1 Å². The average molecular weight is 400 g/mol. The van der Waals surface area contributed by atoms with Gasteiger partial charge in [0.25, 0.3) is 5.91 Å². The Morgan fingerprint density at radius 2 is 1.97 bits per heavy atom. The minimum absolute atomic E-state index is 0.0227. The molecule has 150 valence electrons. The van der Waals surface area contributed by atoms with Crippen molar-refractivity contribution in [3.8, 4) is 0 Å². The zero-order valence-electron chi connectivity index (χ0n) is 16.1. The first-order chi connectivity index (χ1) is 14.7. The fourth-order valence-electron chi connectivity index (χ4n) is 6.19. The van der Waals surface area contributed by atoms with Crippen LogP contribution in [0, 0.1) is 40.7 Å². The summed E-state index contributed by atoms with van der Waals surface area (Å²) in [6, 6.07) is 8.72. The second-order valence-electron chi connectivity index (χ2n) is 8.54. The average Bonchev–Trinajstić information content (AvgIpc) is 3.37. The molecule has 30 heavy (non-hydrogen) atoms. The first kappa shape index (κ1) is 17.7. The summed E-state index contributed by atoms with van der Waals surface area (Å²) in [6.07, 6.45) is 9.12. The van der Waals surface area contributed by atoms with Crippen molar-refractivity contribution in [2.24, 2.45) is 35.5 Å². The van der Waals surface area contributed by atoms with Crippen LogP contribution >= 0.6 is 0 Å². The number of rotatable bonds is 2. The molecule has 1 aromatic carbocycles. The minimum Gasteiger partial charge on any atom is -0.607 e. The van der Waals surface area contributed by atoms with Crippen LogP contribution in [0.4, 0.5) is 4.79 Å². The zero-order chi connectivity index (χ0) is 20.4. The van der Waals surface area contributed by atoms with E-state index in [0.717, 1.165) is 16.1 Å². The van der Waals surface area contributed by atoms with Crippen LogP contribution in [0.5, 0.6) is 0 Å². The number of carbonyl (C=O) groups is 2. The Morgan fingerprint density at radius 3 is 2.80 bits per heavy atom. The Kier molecular flexibility index (Phi) is 3.79. The predicted molar refractivity (Wildman–Crippen MR) is 106 cm³/mol. The molecule has 1 heterocycles. The van der Waals surface area contributed by atoms with Crippen molar-refractivity contribution in [1.29, 1.82) is 0 Å². The smallest absolute Gasteiger partial charge is 0.462 e. The number of hydroxylamine groups is 1. The van der Waals surface area contributed by atoms with Crippen LogP contribution < -0.4 is 5.17 Å². The summed E-state index contributed by atoms with van der Waals surface area (Å²) in [5.74, 6) is -0.796. The summed E-state index contributed by atoms with van der Waals surface area (Å²) in [5, 5.41) is 13.7. The number of nitrogens with zero attached hydrogens (tertiary/aromatic N) is 1. The molecule has 1 aromatic rings. The highest BCUT2D eigenvalue weighted by atomic mass is 16.6. The fourth-order valence-corrected chi connectivity index (χ4v) is 6.19. The summed E-state index contributed by atoms with van der Waals surface area (Å²) >= 11 is 0. The second-order valence-corrected chi connectivity index (χ2v) is 8.54. The van der Waals surface area contributed by atoms with Gasteiger partial charge in [0.05, 0.1) is 0 Å². The van der Waals surface area contributed by atoms with Crippen molar-refractivity contribution in [1.82, 2.24) is 5.01 Å². The van der Waals surface area contributed by atoms with Gasteiger partial charge in [-0.2, -0.15) is 0 Å². The van der Waals surface area contributed by atoms with E-state index >= 15 is 0 Å². The van der Waals surface area contributed by atoms with Crippen molar-refractivity contribution in [2.45, 2.75) is 12.6 Å². The highest BCUT2D eigenvalue weighted by Crippen LogP contribution is 2.60. The van der Waals surface area contributed by atoms with Crippen LogP contribution in [0.15, 0.2) is 77.7 Å². The minimum atomic E-state index is -0.873. The maximum absolute atomic E-state index is 13.4. The van der Waals surface area contributed by atoms with E-state index in [2.05, 4.69) is 17.5 Å². The van der Waals surface area contributed by atoms with Crippen LogP contribution in [-0.4, -0.2) is 23.1 Å². The molecule has 8 unspecified atom stereocenters. The first-order valence-electron chi connectivity index (χ1n) is 10.3. The molecule has 0 aromatic heterocycles. The van der Waals surface area contributed by atoms with Crippen molar-refractivity contribution in [3.05, 3.63) is 88.5 Å². The lowest BCUT2D eigenvalue weighted by Gasteiger charge is -2.55. The lowest BCUT2D eigenvalue weighted by Crippen LogP contribution is -3.17. The van der Waals surface area contributed by atoms with E-state index in [9.17, 15) is 14.8 Å². The van der Waals surface area contributed by atoms with Gasteiger partial charge in [-0.05, 0) is 35.3 Å². The van der Waals surface area contributed by atoms with Crippen LogP contribution in [0.1, 0.15) is 5.56 Å². The third-order valence-electron chi connectivity index (χ3n) is 7.27. The number of ether oxygens (including phenoxy) is 1. The lowest BCUT2D eigenvalue weighted by atomic mass is 9.48. The van der Waals surface area contributed by atoms with E-state index < -0.39 is 29.1 Å². The van der Waals surface area contributed by atoms with Gasteiger partial charge >= 0.3 is 6.09 Å². The van der Waals surface area contributed by atoms with Gasteiger partial charge in [-0.25, -0.2) is 4.79 Å². The van der Waals surface area contributed by atoms with E-state index in [4.69, 9.17) is 4.74 Å². The van der Waals surface area contributed by atoms with Gasteiger partial charge in [0, 0.05) is 23.7 Å². The highest BCUT2D eigenvalue weighted by Gasteiger charge is 2.69. The van der Waals surface area contributed by atoms with E-state index in [1.54, 1.807) is 0 Å². The monoisotopic (exact) mass is 400 g/mol. The predicted octanol–water partition coefficient (Wildman–Crippen LogP) is 1.93. The molecule has 1 saturated heterocycles. The Labute approximate surface area is 173 Å². The SMILES string of the molecule is O=C(OCc1ccccc1)N1C(=O)C2C3C4=C=CC=CC4C(C4C=C=CC43)C2[NH+]1[O-]. The topological polar surface area (TPSA) is 74.1 Å². The second kappa shape index (κ2) is 6.43. The molecular formula is C24H20N2O4. The Bertz CT molecular complexity index is 1090. The standard InChI is InChI=1S/C24H20N2O4/c27-23-21-19-15-9-4-5-10-17(15)20(18-12-6-11-16(18)19)22(21)26(29)25(23)24(28)30-13-14-7-2-1-3-8-14/h1-5,7-8,10-12,16-22,26H,13H2. The lowest BCUT2D eigenvalue weighted by molar-refractivity contribution is -0.965. The molecule has 0 spiro atoms. The first-order valence-corrected chi connectivity index (χ1v) is 10.3. The number of nitrogens with one attached hydrogen (secondary N) is 1. The zero-order valence-corrected chi connectivity index (χ0v) is 16.1. The Balaban J connectivity index is 1.33. The van der Waals surface area contributed by atoms with Gasteiger partial charge in [0.15, 0.2) is 0 Å². The summed E-state index contributed by atoms with van der Waals surface area (Å²) in [4.78, 5) is 26.1. The molecule has 3 saturated carbocycles. The number of carbonyl (C=O) groups excluding carboxylic acids is 2. The molecule has 6 heteroatoms. The maximum atomic E-state index is 13.4. The number of benzene rings is 1. The highest BCUT2D eigenvalue weighted by molar-refractivity contribution is 5.94. The summed E-state index contributed by atoms with van der Waals surface area (Å²) < 4.78 is 5.34. The quantitative estimate of drug-likeness (QED) is 0.608. The Hall–Kier alpha value is -3.14. The molecule has 6 aliphatic rings. The number of amides is 2. The van der Waals surface area contributed by atoms with Gasteiger partial charge in [-0.15, -0.1) is 11.5 Å². The summed E-state index contributed by atoms with van der Waals surface area (Å²) in [5.41, 5.74) is 8.45. The number of allylic oxidation sites excluding steroid dienone is 4. The number of hydrogen-bond donors (Lipinski definition) is 1. The van der Waals surface area contributed by atoms with Gasteiger partial charge in [0.1, 0.15) is 18.6 Å². The molecule has 8 atom stereocenters. The van der Waals surface area contributed by atoms with E-state index in [-0.39, 0.29) is 36.2 Å². The molecule has 7 rings (SSSR count). The third kappa shape index (κ3) is 2.28. The van der Waals surface area contributed by atoms with Crippen LogP contribution in [0.3, 0.4) is 0 Å². The van der Waals surface area contributed by atoms with E-state index in [1.165, 1.54) is 0 Å². The number of imide groups is 1. The molecular weight excluding hydrogens is 380 g/mol. The van der Waals surface area contributed by atoms with Crippen molar-refractivity contribution in [2.75, 3.05) is 0 Å².